The van der Waals surface area contributed by atoms with Crippen molar-refractivity contribution in [1.29, 1.82) is 0 Å². The Morgan fingerprint density at radius 3 is 2.43 bits per heavy atom. The summed E-state index contributed by atoms with van der Waals surface area (Å²) in [6.07, 6.45) is -4.27. The van der Waals surface area contributed by atoms with Crippen LogP contribution in [0.25, 0.3) is 0 Å². The van der Waals surface area contributed by atoms with Gasteiger partial charge in [-0.3, -0.25) is 4.79 Å². The van der Waals surface area contributed by atoms with Gasteiger partial charge < -0.3 is 34.3 Å². The van der Waals surface area contributed by atoms with Crippen LogP contribution in [0.4, 0.5) is 0 Å². The minimum absolute atomic E-state index is 0.0555. The van der Waals surface area contributed by atoms with E-state index >= 15 is 0 Å². The van der Waals surface area contributed by atoms with E-state index in [1.807, 2.05) is 0 Å². The fourth-order valence-corrected chi connectivity index (χ4v) is 2.10. The Labute approximate surface area is 123 Å². The third-order valence-electron chi connectivity index (χ3n) is 3.55. The number of aliphatic carboxylic acids is 1. The third kappa shape index (κ3) is 4.87. The first-order valence-electron chi connectivity index (χ1n) is 6.80. The molecular formula is C13H24O8. The van der Waals surface area contributed by atoms with Crippen molar-refractivity contribution in [1.82, 2.24) is 0 Å². The minimum Gasteiger partial charge on any atom is -0.481 e. The number of rotatable bonds is 8. The Balaban J connectivity index is 2.44. The number of aliphatic hydroxyl groups excluding tert-OH is 2. The Morgan fingerprint density at radius 1 is 1.24 bits per heavy atom. The largest absolute Gasteiger partial charge is 0.481 e. The van der Waals surface area contributed by atoms with Crippen LogP contribution in [-0.2, 0) is 23.7 Å². The van der Waals surface area contributed by atoms with Crippen LogP contribution in [0.5, 0.6) is 0 Å². The maximum Gasteiger partial charge on any atom is 0.306 e. The lowest BCUT2D eigenvalue weighted by Gasteiger charge is -2.41. The van der Waals surface area contributed by atoms with E-state index in [2.05, 4.69) is 0 Å². The summed E-state index contributed by atoms with van der Waals surface area (Å²) in [6.45, 7) is 1.88. The van der Waals surface area contributed by atoms with Gasteiger partial charge in [-0.05, 0) is 6.42 Å². The number of hydrogen-bond donors (Lipinski definition) is 3. The molecule has 1 fully saturated rings. The van der Waals surface area contributed by atoms with Gasteiger partial charge in [0.25, 0.3) is 0 Å². The quantitative estimate of drug-likeness (QED) is 0.500. The van der Waals surface area contributed by atoms with Gasteiger partial charge in [0.1, 0.15) is 24.4 Å². The smallest absolute Gasteiger partial charge is 0.306 e. The molecule has 6 atom stereocenters. The van der Waals surface area contributed by atoms with Crippen molar-refractivity contribution in [3.05, 3.63) is 0 Å². The number of carboxylic acid groups (broad SMARTS) is 1. The first-order valence-corrected chi connectivity index (χ1v) is 6.80. The zero-order valence-corrected chi connectivity index (χ0v) is 12.5. The van der Waals surface area contributed by atoms with Crippen LogP contribution in [0, 0.1) is 5.92 Å². The standard InChI is InChI=1S/C13H24O8/c1-7(12(16)17)4-5-20-6-8-9(14)11(18-2)10(15)13(19-3)21-8/h7-11,13-15H,4-6H2,1-3H3,(H,16,17). The fraction of sp³-hybridized carbons (Fsp3) is 0.923. The zero-order valence-electron chi connectivity index (χ0n) is 12.5. The molecule has 3 N–H and O–H groups in total. The van der Waals surface area contributed by atoms with Crippen LogP contribution in [0.3, 0.4) is 0 Å². The maximum absolute atomic E-state index is 10.7. The van der Waals surface area contributed by atoms with Crippen LogP contribution in [0.2, 0.25) is 0 Å². The summed E-state index contributed by atoms with van der Waals surface area (Å²) >= 11 is 0. The first-order chi connectivity index (χ1) is 9.92. The molecule has 6 unspecified atom stereocenters. The molecule has 8 heteroatoms. The molecule has 21 heavy (non-hydrogen) atoms. The van der Waals surface area contributed by atoms with Gasteiger partial charge in [0.05, 0.1) is 12.5 Å². The Bertz CT molecular complexity index is 323. The number of aliphatic hydroxyl groups is 2. The van der Waals surface area contributed by atoms with Gasteiger partial charge in [0.2, 0.25) is 0 Å². The van der Waals surface area contributed by atoms with E-state index in [1.54, 1.807) is 6.92 Å². The van der Waals surface area contributed by atoms with Crippen molar-refractivity contribution in [2.75, 3.05) is 27.4 Å². The fourth-order valence-electron chi connectivity index (χ4n) is 2.10. The maximum atomic E-state index is 10.7. The van der Waals surface area contributed by atoms with Crippen molar-refractivity contribution in [3.63, 3.8) is 0 Å². The summed E-state index contributed by atoms with van der Waals surface area (Å²) in [4.78, 5) is 10.7. The number of ether oxygens (including phenoxy) is 4. The molecule has 1 heterocycles. The van der Waals surface area contributed by atoms with Gasteiger partial charge in [0, 0.05) is 20.8 Å². The Kier molecular flexibility index (Phi) is 7.50. The molecule has 0 bridgehead atoms. The van der Waals surface area contributed by atoms with Gasteiger partial charge in [0.15, 0.2) is 6.29 Å². The summed E-state index contributed by atoms with van der Waals surface area (Å²) in [5, 5.41) is 28.7. The molecular weight excluding hydrogens is 284 g/mol. The van der Waals surface area contributed by atoms with E-state index in [9.17, 15) is 15.0 Å². The number of methoxy groups -OCH3 is 2. The second-order valence-corrected chi connectivity index (χ2v) is 5.06. The lowest BCUT2D eigenvalue weighted by molar-refractivity contribution is -0.300. The summed E-state index contributed by atoms with van der Waals surface area (Å²) in [5.41, 5.74) is 0. The van der Waals surface area contributed by atoms with Gasteiger partial charge in [-0.1, -0.05) is 6.92 Å². The molecule has 0 aromatic carbocycles. The lowest BCUT2D eigenvalue weighted by Crippen LogP contribution is -2.59. The summed E-state index contributed by atoms with van der Waals surface area (Å²) in [6, 6.07) is 0. The van der Waals surface area contributed by atoms with E-state index in [-0.39, 0.29) is 13.2 Å². The molecule has 0 spiro atoms. The second kappa shape index (κ2) is 8.62. The van der Waals surface area contributed by atoms with Gasteiger partial charge in [-0.2, -0.15) is 0 Å². The highest BCUT2D eigenvalue weighted by molar-refractivity contribution is 5.69. The van der Waals surface area contributed by atoms with Gasteiger partial charge in [-0.15, -0.1) is 0 Å². The highest BCUT2D eigenvalue weighted by Gasteiger charge is 2.45. The second-order valence-electron chi connectivity index (χ2n) is 5.06. The van der Waals surface area contributed by atoms with Crippen molar-refractivity contribution in [2.24, 2.45) is 5.92 Å². The van der Waals surface area contributed by atoms with Crippen molar-refractivity contribution in [2.45, 2.75) is 44.1 Å². The first kappa shape index (κ1) is 18.3. The highest BCUT2D eigenvalue weighted by Crippen LogP contribution is 2.24. The van der Waals surface area contributed by atoms with Crippen LogP contribution < -0.4 is 0 Å². The van der Waals surface area contributed by atoms with Crippen molar-refractivity contribution in [3.8, 4) is 0 Å². The number of carbonyl (C=O) groups is 1. The van der Waals surface area contributed by atoms with Gasteiger partial charge >= 0.3 is 5.97 Å². The zero-order chi connectivity index (χ0) is 16.0. The minimum atomic E-state index is -1.10. The molecule has 8 nitrogen and oxygen atoms in total. The molecule has 0 aromatic heterocycles. The van der Waals surface area contributed by atoms with E-state index in [4.69, 9.17) is 24.1 Å². The molecule has 1 saturated heterocycles. The Hall–Kier alpha value is -0.770. The predicted molar refractivity (Wildman–Crippen MR) is 70.7 cm³/mol. The molecule has 0 aliphatic carbocycles. The normalized spacial score (nSPS) is 34.6. The number of hydrogen-bond acceptors (Lipinski definition) is 7. The van der Waals surface area contributed by atoms with Crippen LogP contribution in [-0.4, -0.2) is 79.4 Å². The average molecular weight is 308 g/mol. The molecule has 1 rings (SSSR count). The molecule has 124 valence electrons. The average Bonchev–Trinajstić information content (AvgIpc) is 2.45. The van der Waals surface area contributed by atoms with E-state index in [1.165, 1.54) is 14.2 Å². The molecule has 0 saturated carbocycles. The summed E-state index contributed by atoms with van der Waals surface area (Å²) in [7, 11) is 2.76. The molecule has 0 aromatic rings. The molecule has 0 amide bonds. The van der Waals surface area contributed by atoms with E-state index in [0.717, 1.165) is 0 Å². The lowest BCUT2D eigenvalue weighted by atomic mass is 9.99. The SMILES string of the molecule is COC1OC(COCCC(C)C(=O)O)C(O)C(OC)C1O. The van der Waals surface area contributed by atoms with Crippen molar-refractivity contribution >= 4 is 5.97 Å². The summed E-state index contributed by atoms with van der Waals surface area (Å²) < 4.78 is 20.8. The van der Waals surface area contributed by atoms with E-state index in [0.29, 0.717) is 6.42 Å². The Morgan fingerprint density at radius 2 is 1.90 bits per heavy atom. The molecule has 1 aliphatic heterocycles. The predicted octanol–water partition coefficient (Wildman–Crippen LogP) is -0.778. The van der Waals surface area contributed by atoms with E-state index < -0.39 is 42.6 Å². The topological polar surface area (TPSA) is 115 Å². The van der Waals surface area contributed by atoms with Crippen LogP contribution >= 0.6 is 0 Å². The van der Waals surface area contributed by atoms with Gasteiger partial charge in [-0.25, -0.2) is 0 Å². The monoisotopic (exact) mass is 308 g/mol. The highest BCUT2D eigenvalue weighted by atomic mass is 16.7. The van der Waals surface area contributed by atoms with Crippen molar-refractivity contribution < 1.29 is 39.1 Å². The molecule has 1 aliphatic rings. The summed E-state index contributed by atoms with van der Waals surface area (Å²) in [5.74, 6) is -1.38. The third-order valence-corrected chi connectivity index (χ3v) is 3.55. The molecule has 0 radical (unpaired) electrons. The number of carboxylic acids is 1. The van der Waals surface area contributed by atoms with Crippen LogP contribution in [0.15, 0.2) is 0 Å². The van der Waals surface area contributed by atoms with Crippen LogP contribution in [0.1, 0.15) is 13.3 Å².